The van der Waals surface area contributed by atoms with E-state index in [1.54, 1.807) is 32.1 Å². The predicted molar refractivity (Wildman–Crippen MR) is 68.5 cm³/mol. The predicted octanol–water partition coefficient (Wildman–Crippen LogP) is 2.39. The zero-order valence-electron chi connectivity index (χ0n) is 10.7. The van der Waals surface area contributed by atoms with E-state index in [2.05, 4.69) is 4.98 Å². The number of esters is 1. The number of rotatable bonds is 3. The average molecular weight is 266 g/mol. The van der Waals surface area contributed by atoms with Crippen LogP contribution in [0, 0.1) is 13.8 Å². The van der Waals surface area contributed by atoms with E-state index in [4.69, 9.17) is 4.74 Å². The summed E-state index contributed by atoms with van der Waals surface area (Å²) in [4.78, 5) is 28.3. The van der Waals surface area contributed by atoms with Gasteiger partial charge in [-0.3, -0.25) is 9.20 Å². The monoisotopic (exact) mass is 266 g/mol. The number of carbonyl (C=O) groups is 2. The number of aromatic nitrogens is 2. The fourth-order valence-corrected chi connectivity index (χ4v) is 2.83. The molecule has 2 aromatic heterocycles. The van der Waals surface area contributed by atoms with E-state index in [9.17, 15) is 9.59 Å². The molecule has 5 nitrogen and oxygen atoms in total. The van der Waals surface area contributed by atoms with Crippen molar-refractivity contribution in [3.8, 4) is 0 Å². The standard InChI is InChI=1S/C12H14N2O3S/c1-6(2)17-11(16)10-8(4)14-9(5-15)7(3)13-12(14)18-10/h5-6H,1-4H3. The topological polar surface area (TPSA) is 60.7 Å². The van der Waals surface area contributed by atoms with E-state index in [1.807, 2.05) is 0 Å². The largest absolute Gasteiger partial charge is 0.459 e. The van der Waals surface area contributed by atoms with Gasteiger partial charge < -0.3 is 4.74 Å². The highest BCUT2D eigenvalue weighted by Crippen LogP contribution is 2.26. The zero-order chi connectivity index (χ0) is 13.4. The zero-order valence-corrected chi connectivity index (χ0v) is 11.5. The van der Waals surface area contributed by atoms with Gasteiger partial charge in [-0.25, -0.2) is 9.78 Å². The normalized spacial score (nSPS) is 11.2. The molecule has 2 heterocycles. The van der Waals surface area contributed by atoms with Crippen LogP contribution in [-0.4, -0.2) is 27.7 Å². The van der Waals surface area contributed by atoms with Gasteiger partial charge in [-0.2, -0.15) is 0 Å². The van der Waals surface area contributed by atoms with E-state index in [0.29, 0.717) is 26.9 Å². The van der Waals surface area contributed by atoms with Crippen LogP contribution < -0.4 is 0 Å². The van der Waals surface area contributed by atoms with Crippen LogP contribution in [0.25, 0.3) is 4.96 Å². The SMILES string of the molecule is Cc1nc2sc(C(=O)OC(C)C)c(C)n2c1C=O. The van der Waals surface area contributed by atoms with Crippen molar-refractivity contribution in [2.75, 3.05) is 0 Å². The van der Waals surface area contributed by atoms with Crippen LogP contribution in [0.2, 0.25) is 0 Å². The summed E-state index contributed by atoms with van der Waals surface area (Å²) in [5, 5.41) is 0. The fraction of sp³-hybridized carbons (Fsp3) is 0.417. The van der Waals surface area contributed by atoms with Gasteiger partial charge in [0.05, 0.1) is 11.8 Å². The van der Waals surface area contributed by atoms with E-state index < -0.39 is 0 Å². The van der Waals surface area contributed by atoms with Crippen molar-refractivity contribution in [1.82, 2.24) is 9.38 Å². The number of carbonyl (C=O) groups excluding carboxylic acids is 2. The van der Waals surface area contributed by atoms with Crippen LogP contribution in [0.1, 0.15) is 45.4 Å². The summed E-state index contributed by atoms with van der Waals surface area (Å²) in [7, 11) is 0. The molecular weight excluding hydrogens is 252 g/mol. The van der Waals surface area contributed by atoms with Crippen LogP contribution in [0.15, 0.2) is 0 Å². The number of hydrogen-bond acceptors (Lipinski definition) is 5. The number of thiazole rings is 1. The van der Waals surface area contributed by atoms with Crippen LogP contribution >= 0.6 is 11.3 Å². The van der Waals surface area contributed by atoms with Gasteiger partial charge in [0.1, 0.15) is 10.6 Å². The second-order valence-electron chi connectivity index (χ2n) is 4.29. The van der Waals surface area contributed by atoms with Crippen molar-refractivity contribution in [3.05, 3.63) is 22.0 Å². The Kier molecular flexibility index (Phi) is 3.21. The summed E-state index contributed by atoms with van der Waals surface area (Å²) in [5.74, 6) is -0.368. The van der Waals surface area contributed by atoms with E-state index in [1.165, 1.54) is 11.3 Å². The average Bonchev–Trinajstić information content (AvgIpc) is 2.74. The van der Waals surface area contributed by atoms with Crippen LogP contribution in [0.3, 0.4) is 0 Å². The molecule has 0 N–H and O–H groups in total. The number of aryl methyl sites for hydroxylation is 2. The van der Waals surface area contributed by atoms with Crippen LogP contribution in [0.4, 0.5) is 0 Å². The van der Waals surface area contributed by atoms with Gasteiger partial charge in [-0.1, -0.05) is 11.3 Å². The summed E-state index contributed by atoms with van der Waals surface area (Å²) in [6, 6.07) is 0. The minimum Gasteiger partial charge on any atom is -0.459 e. The molecule has 0 saturated carbocycles. The molecule has 0 unspecified atom stereocenters. The molecule has 96 valence electrons. The van der Waals surface area contributed by atoms with E-state index in [0.717, 1.165) is 6.29 Å². The third-order valence-corrected chi connectivity index (χ3v) is 3.69. The maximum absolute atomic E-state index is 11.9. The Morgan fingerprint density at radius 2 is 2.11 bits per heavy atom. The molecule has 0 radical (unpaired) electrons. The van der Waals surface area contributed by atoms with Crippen molar-refractivity contribution in [1.29, 1.82) is 0 Å². The van der Waals surface area contributed by atoms with Gasteiger partial charge in [0.15, 0.2) is 11.2 Å². The smallest absolute Gasteiger partial charge is 0.350 e. The number of fused-ring (bicyclic) bond motifs is 1. The Balaban J connectivity index is 2.55. The van der Waals surface area contributed by atoms with Crippen molar-refractivity contribution in [3.63, 3.8) is 0 Å². The highest BCUT2D eigenvalue weighted by atomic mass is 32.1. The highest BCUT2D eigenvalue weighted by molar-refractivity contribution is 7.19. The van der Waals surface area contributed by atoms with Gasteiger partial charge >= 0.3 is 5.97 Å². The number of nitrogens with zero attached hydrogens (tertiary/aromatic N) is 2. The summed E-state index contributed by atoms with van der Waals surface area (Å²) in [6.07, 6.45) is 0.589. The first-order valence-corrected chi connectivity index (χ1v) is 6.42. The third-order valence-electron chi connectivity index (χ3n) is 2.56. The number of imidazole rings is 1. The van der Waals surface area contributed by atoms with Crippen molar-refractivity contribution in [2.45, 2.75) is 33.8 Å². The quantitative estimate of drug-likeness (QED) is 0.632. The Bertz CT molecular complexity index is 625. The molecule has 0 aromatic carbocycles. The first-order valence-electron chi connectivity index (χ1n) is 5.60. The maximum atomic E-state index is 11.9. The lowest BCUT2D eigenvalue weighted by atomic mass is 10.3. The third kappa shape index (κ3) is 1.92. The van der Waals surface area contributed by atoms with E-state index >= 15 is 0 Å². The molecule has 0 amide bonds. The molecule has 0 fully saturated rings. The minimum absolute atomic E-state index is 0.168. The summed E-state index contributed by atoms with van der Waals surface area (Å²) in [6.45, 7) is 7.16. The van der Waals surface area contributed by atoms with E-state index in [-0.39, 0.29) is 12.1 Å². The van der Waals surface area contributed by atoms with Crippen LogP contribution in [0.5, 0.6) is 0 Å². The molecule has 0 atom stereocenters. The first kappa shape index (κ1) is 12.8. The highest BCUT2D eigenvalue weighted by Gasteiger charge is 2.21. The Hall–Kier alpha value is -1.69. The lowest BCUT2D eigenvalue weighted by molar-refractivity contribution is 0.0382. The van der Waals surface area contributed by atoms with Gasteiger partial charge in [0.25, 0.3) is 0 Å². The van der Waals surface area contributed by atoms with Gasteiger partial charge in [0, 0.05) is 5.69 Å². The lowest BCUT2D eigenvalue weighted by Crippen LogP contribution is -2.11. The number of hydrogen-bond donors (Lipinski definition) is 0. The molecule has 0 aliphatic heterocycles. The Labute approximate surface area is 108 Å². The van der Waals surface area contributed by atoms with Gasteiger partial charge in [0.2, 0.25) is 0 Å². The van der Waals surface area contributed by atoms with Crippen LogP contribution in [-0.2, 0) is 4.74 Å². The molecule has 0 spiro atoms. The molecule has 0 bridgehead atoms. The summed E-state index contributed by atoms with van der Waals surface area (Å²) in [5.41, 5.74) is 1.86. The second-order valence-corrected chi connectivity index (χ2v) is 5.27. The van der Waals surface area contributed by atoms with Crippen molar-refractivity contribution >= 4 is 28.6 Å². The molecule has 2 aromatic rings. The Morgan fingerprint density at radius 3 is 2.67 bits per heavy atom. The molecule has 0 aliphatic rings. The van der Waals surface area contributed by atoms with Gasteiger partial charge in [-0.15, -0.1) is 0 Å². The molecule has 18 heavy (non-hydrogen) atoms. The lowest BCUT2D eigenvalue weighted by Gasteiger charge is -2.06. The molecule has 2 rings (SSSR count). The Morgan fingerprint density at radius 1 is 1.44 bits per heavy atom. The van der Waals surface area contributed by atoms with Crippen molar-refractivity contribution in [2.24, 2.45) is 0 Å². The minimum atomic E-state index is -0.368. The molecular formula is C12H14N2O3S. The summed E-state index contributed by atoms with van der Waals surface area (Å²) < 4.78 is 6.86. The summed E-state index contributed by atoms with van der Waals surface area (Å²) >= 11 is 1.24. The number of ether oxygens (including phenoxy) is 1. The molecule has 0 saturated heterocycles. The number of aldehydes is 1. The fourth-order valence-electron chi connectivity index (χ4n) is 1.77. The van der Waals surface area contributed by atoms with Gasteiger partial charge in [-0.05, 0) is 27.7 Å². The first-order chi connectivity index (χ1) is 8.45. The van der Waals surface area contributed by atoms with Crippen molar-refractivity contribution < 1.29 is 14.3 Å². The molecule has 6 heteroatoms. The second kappa shape index (κ2) is 4.53. The maximum Gasteiger partial charge on any atom is 0.350 e. The molecule has 0 aliphatic carbocycles.